The molecule has 7 heteroatoms. The third-order valence-electron chi connectivity index (χ3n) is 5.26. The molecule has 0 saturated carbocycles. The van der Waals surface area contributed by atoms with Crippen molar-refractivity contribution in [2.45, 2.75) is 51.5 Å². The summed E-state index contributed by atoms with van der Waals surface area (Å²) in [6.07, 6.45) is 7.01. The fourth-order valence-corrected chi connectivity index (χ4v) is 3.38. The summed E-state index contributed by atoms with van der Waals surface area (Å²) in [5, 5.41) is 1.09. The van der Waals surface area contributed by atoms with Crippen molar-refractivity contribution >= 4 is 34.9 Å². The van der Waals surface area contributed by atoms with E-state index in [9.17, 15) is 4.79 Å². The maximum absolute atomic E-state index is 11.4. The van der Waals surface area contributed by atoms with Gasteiger partial charge < -0.3 is 15.6 Å². The number of Topliss-reactive ketones (excluding diaryl/α,β-unsaturated/α-hetero) is 1. The van der Waals surface area contributed by atoms with E-state index in [2.05, 4.69) is 33.2 Å². The molecule has 0 unspecified atom stereocenters. The van der Waals surface area contributed by atoms with Crippen molar-refractivity contribution in [2.24, 2.45) is 5.73 Å². The van der Waals surface area contributed by atoms with E-state index in [1.165, 1.54) is 0 Å². The number of hydrogen-bond acceptors (Lipinski definition) is 5. The zero-order chi connectivity index (χ0) is 20.8. The van der Waals surface area contributed by atoms with Gasteiger partial charge in [0, 0.05) is 37.9 Å². The molecule has 0 fully saturated rings. The number of imidazole rings is 1. The van der Waals surface area contributed by atoms with Crippen LogP contribution in [-0.2, 0) is 4.79 Å². The largest absolute Gasteiger partial charge is 0.363 e. The van der Waals surface area contributed by atoms with Crippen LogP contribution in [0.5, 0.6) is 0 Å². The Morgan fingerprint density at radius 1 is 1.17 bits per heavy atom. The van der Waals surface area contributed by atoms with Crippen molar-refractivity contribution in [1.29, 1.82) is 0 Å². The Morgan fingerprint density at radius 2 is 1.97 bits per heavy atom. The van der Waals surface area contributed by atoms with E-state index in [1.54, 1.807) is 0 Å². The second-order valence-corrected chi connectivity index (χ2v) is 7.75. The summed E-state index contributed by atoms with van der Waals surface area (Å²) in [6, 6.07) is 10.2. The van der Waals surface area contributed by atoms with Crippen molar-refractivity contribution in [2.75, 3.05) is 19.0 Å². The molecule has 3 rings (SSSR count). The number of carbonyl (C=O) groups excluding carboxylic acids is 1. The number of pyridine rings is 1. The van der Waals surface area contributed by atoms with Gasteiger partial charge >= 0.3 is 0 Å². The lowest BCUT2D eigenvalue weighted by Crippen LogP contribution is -2.12. The Labute approximate surface area is 184 Å². The van der Waals surface area contributed by atoms with Crippen LogP contribution in [0, 0.1) is 0 Å². The Bertz CT molecular complexity index is 969. The number of anilines is 1. The maximum atomic E-state index is 11.4. The molecule has 1 atom stereocenters. The number of benzene rings is 1. The van der Waals surface area contributed by atoms with Crippen LogP contribution in [0.15, 0.2) is 36.5 Å². The number of nitrogens with one attached hydrogen (secondary N) is 1. The zero-order valence-corrected chi connectivity index (χ0v) is 18.8. The molecule has 3 aromatic rings. The molecule has 162 valence electrons. The number of hydrogen-bond donors (Lipinski definition) is 2. The van der Waals surface area contributed by atoms with Crippen LogP contribution < -0.4 is 10.6 Å². The van der Waals surface area contributed by atoms with Crippen LogP contribution in [0.3, 0.4) is 0 Å². The lowest BCUT2D eigenvalue weighted by atomic mass is 10.1. The van der Waals surface area contributed by atoms with Crippen molar-refractivity contribution in [3.8, 4) is 11.3 Å². The van der Waals surface area contributed by atoms with Gasteiger partial charge in [-0.25, -0.2) is 9.97 Å². The SMILES string of the molecule is CCC(=O)CCCCC[C@H](N)c1ncc(-c2ccc3nc(N(C)C)ccc3c2)[nH]1.Cl. The molecule has 6 nitrogen and oxygen atoms in total. The van der Waals surface area contributed by atoms with Crippen LogP contribution in [0.1, 0.15) is 57.3 Å². The summed E-state index contributed by atoms with van der Waals surface area (Å²) in [4.78, 5) is 25.9. The van der Waals surface area contributed by atoms with Crippen molar-refractivity contribution in [3.05, 3.63) is 42.4 Å². The lowest BCUT2D eigenvalue weighted by Gasteiger charge is -2.12. The minimum Gasteiger partial charge on any atom is -0.363 e. The van der Waals surface area contributed by atoms with E-state index in [1.807, 2.05) is 44.2 Å². The van der Waals surface area contributed by atoms with Crippen molar-refractivity contribution < 1.29 is 4.79 Å². The molecule has 0 spiro atoms. The van der Waals surface area contributed by atoms with Crippen LogP contribution in [-0.4, -0.2) is 34.8 Å². The van der Waals surface area contributed by atoms with Gasteiger partial charge in [-0.15, -0.1) is 12.4 Å². The van der Waals surface area contributed by atoms with Crippen LogP contribution in [0.2, 0.25) is 0 Å². The van der Waals surface area contributed by atoms with Crippen molar-refractivity contribution in [1.82, 2.24) is 15.0 Å². The third kappa shape index (κ3) is 6.03. The Hall–Kier alpha value is -2.44. The summed E-state index contributed by atoms with van der Waals surface area (Å²) in [6.45, 7) is 1.92. The quantitative estimate of drug-likeness (QED) is 0.440. The van der Waals surface area contributed by atoms with Gasteiger partial charge in [-0.1, -0.05) is 25.8 Å². The van der Waals surface area contributed by atoms with Crippen LogP contribution in [0.4, 0.5) is 5.82 Å². The topological polar surface area (TPSA) is 87.9 Å². The van der Waals surface area contributed by atoms with E-state index >= 15 is 0 Å². The lowest BCUT2D eigenvalue weighted by molar-refractivity contribution is -0.118. The number of aromatic nitrogens is 3. The summed E-state index contributed by atoms with van der Waals surface area (Å²) >= 11 is 0. The number of carbonyl (C=O) groups is 1. The molecule has 3 N–H and O–H groups in total. The van der Waals surface area contributed by atoms with Gasteiger partial charge in [-0.2, -0.15) is 0 Å². The maximum Gasteiger partial charge on any atom is 0.132 e. The summed E-state index contributed by atoms with van der Waals surface area (Å²) in [5.41, 5.74) is 9.32. The van der Waals surface area contributed by atoms with Gasteiger partial charge in [-0.05, 0) is 37.1 Å². The Balaban J connectivity index is 0.00000320. The van der Waals surface area contributed by atoms with E-state index in [0.29, 0.717) is 18.6 Å². The third-order valence-corrected chi connectivity index (χ3v) is 5.26. The number of H-pyrrole nitrogens is 1. The number of ketones is 1. The van der Waals surface area contributed by atoms with Gasteiger partial charge in [0.15, 0.2) is 0 Å². The monoisotopic (exact) mass is 429 g/mol. The molecule has 0 radical (unpaired) electrons. The molecule has 30 heavy (non-hydrogen) atoms. The summed E-state index contributed by atoms with van der Waals surface area (Å²) < 4.78 is 0. The number of rotatable bonds is 10. The highest BCUT2D eigenvalue weighted by Gasteiger charge is 2.12. The first-order valence-electron chi connectivity index (χ1n) is 10.4. The first-order chi connectivity index (χ1) is 14.0. The first kappa shape index (κ1) is 23.8. The zero-order valence-electron chi connectivity index (χ0n) is 18.0. The molecule has 2 heterocycles. The number of unbranched alkanes of at least 4 members (excludes halogenated alkanes) is 2. The van der Waals surface area contributed by atoms with Gasteiger partial charge in [0.2, 0.25) is 0 Å². The molecule has 2 aromatic heterocycles. The van der Waals surface area contributed by atoms with E-state index in [-0.39, 0.29) is 18.4 Å². The normalized spacial score (nSPS) is 11.9. The predicted molar refractivity (Wildman–Crippen MR) is 126 cm³/mol. The van der Waals surface area contributed by atoms with E-state index in [0.717, 1.165) is 59.5 Å². The van der Waals surface area contributed by atoms with E-state index < -0.39 is 0 Å². The summed E-state index contributed by atoms with van der Waals surface area (Å²) in [7, 11) is 3.98. The predicted octanol–water partition coefficient (Wildman–Crippen LogP) is 5.04. The van der Waals surface area contributed by atoms with Crippen LogP contribution >= 0.6 is 12.4 Å². The highest BCUT2D eigenvalue weighted by Crippen LogP contribution is 2.25. The second kappa shape index (κ2) is 11.1. The molecule has 1 aromatic carbocycles. The Morgan fingerprint density at radius 3 is 2.70 bits per heavy atom. The summed E-state index contributed by atoms with van der Waals surface area (Å²) in [5.74, 6) is 2.10. The van der Waals surface area contributed by atoms with Gasteiger partial charge in [0.05, 0.1) is 23.4 Å². The number of nitrogens with two attached hydrogens (primary N) is 1. The average molecular weight is 430 g/mol. The average Bonchev–Trinajstić information content (AvgIpc) is 3.22. The van der Waals surface area contributed by atoms with E-state index in [4.69, 9.17) is 5.73 Å². The minimum atomic E-state index is -0.115. The number of fused-ring (bicyclic) bond motifs is 1. The highest BCUT2D eigenvalue weighted by molar-refractivity contribution is 5.85. The smallest absolute Gasteiger partial charge is 0.132 e. The molecule has 0 bridgehead atoms. The fourth-order valence-electron chi connectivity index (χ4n) is 3.38. The minimum absolute atomic E-state index is 0. The number of halogens is 1. The molecule has 0 aliphatic heterocycles. The molecule has 0 saturated heterocycles. The molecule has 0 aliphatic carbocycles. The van der Waals surface area contributed by atoms with Gasteiger partial charge in [0.1, 0.15) is 17.4 Å². The standard InChI is InChI=1S/C23H31N5O.ClH/c1-4-18(29)8-6-5-7-9-19(24)23-25-15-21(27-23)17-10-12-20-16(14-17)11-13-22(26-20)28(2)3;/h10-15,19H,4-9,24H2,1-3H3,(H,25,27);1H/t19-;/m0./s1. The second-order valence-electron chi connectivity index (χ2n) is 7.75. The highest BCUT2D eigenvalue weighted by atomic mass is 35.5. The molecular weight excluding hydrogens is 398 g/mol. The van der Waals surface area contributed by atoms with Gasteiger partial charge in [-0.3, -0.25) is 4.79 Å². The van der Waals surface area contributed by atoms with Gasteiger partial charge in [0.25, 0.3) is 0 Å². The fraction of sp³-hybridized carbons (Fsp3) is 0.435. The number of aromatic amines is 1. The molecular formula is C23H32ClN5O. The van der Waals surface area contributed by atoms with Crippen LogP contribution in [0.25, 0.3) is 22.2 Å². The Kier molecular flexibility index (Phi) is 8.81. The first-order valence-corrected chi connectivity index (χ1v) is 10.4. The number of nitrogens with zero attached hydrogens (tertiary/aromatic N) is 3. The molecule has 0 aliphatic rings. The van der Waals surface area contributed by atoms with Crippen molar-refractivity contribution in [3.63, 3.8) is 0 Å². The molecule has 0 amide bonds.